The van der Waals surface area contributed by atoms with Gasteiger partial charge in [-0.05, 0) is 56.2 Å². The fraction of sp³-hybridized carbons (Fsp3) is 0.318. The van der Waals surface area contributed by atoms with E-state index in [0.29, 0.717) is 16.3 Å². The van der Waals surface area contributed by atoms with Crippen molar-refractivity contribution in [1.82, 2.24) is 4.57 Å². The van der Waals surface area contributed by atoms with Crippen LogP contribution in [0.5, 0.6) is 11.5 Å². The molecule has 1 aliphatic rings. The van der Waals surface area contributed by atoms with Gasteiger partial charge < -0.3 is 18.8 Å². The molecule has 0 saturated carbocycles. The number of hydrogen-bond donors (Lipinski definition) is 0. The van der Waals surface area contributed by atoms with E-state index >= 15 is 0 Å². The molecule has 1 aromatic heterocycles. The highest BCUT2D eigenvalue weighted by atomic mass is 32.1. The van der Waals surface area contributed by atoms with E-state index in [1.807, 2.05) is 38.1 Å². The third-order valence-electron chi connectivity index (χ3n) is 5.10. The number of methoxy groups -OCH3 is 1. The molecule has 0 N–H and O–H groups in total. The van der Waals surface area contributed by atoms with Gasteiger partial charge in [0.05, 0.1) is 17.3 Å². The van der Waals surface area contributed by atoms with Crippen LogP contribution in [0.1, 0.15) is 18.1 Å². The molecule has 2 heterocycles. The summed E-state index contributed by atoms with van der Waals surface area (Å²) in [6.07, 6.45) is -1.37. The van der Waals surface area contributed by atoms with Gasteiger partial charge >= 0.3 is 5.97 Å². The van der Waals surface area contributed by atoms with Crippen molar-refractivity contribution in [2.75, 3.05) is 7.11 Å². The van der Waals surface area contributed by atoms with Gasteiger partial charge in [0, 0.05) is 0 Å². The van der Waals surface area contributed by atoms with Crippen molar-refractivity contribution in [2.45, 2.75) is 39.5 Å². The van der Waals surface area contributed by atoms with E-state index in [2.05, 4.69) is 4.99 Å². The zero-order valence-corrected chi connectivity index (χ0v) is 18.0. The molecular weight excluding hydrogens is 404 g/mol. The summed E-state index contributed by atoms with van der Waals surface area (Å²) in [6.45, 7) is 5.76. The number of para-hydroxylation sites is 2. The van der Waals surface area contributed by atoms with Crippen LogP contribution in [0.25, 0.3) is 10.2 Å². The summed E-state index contributed by atoms with van der Waals surface area (Å²) < 4.78 is 19.2. The molecule has 1 aliphatic heterocycles. The van der Waals surface area contributed by atoms with Crippen LogP contribution in [0.4, 0.5) is 0 Å². The fourth-order valence-corrected chi connectivity index (χ4v) is 4.42. The lowest BCUT2D eigenvalue weighted by atomic mass is 10.1. The summed E-state index contributed by atoms with van der Waals surface area (Å²) in [5, 5.41) is 0. The second-order valence-electron chi connectivity index (χ2n) is 7.21. The summed E-state index contributed by atoms with van der Waals surface area (Å²) in [7, 11) is 1.33. The molecule has 2 unspecified atom stereocenters. The number of nitrogens with zero attached hydrogens (tertiary/aromatic N) is 2. The highest BCUT2D eigenvalue weighted by Crippen LogP contribution is 2.33. The van der Waals surface area contributed by atoms with Gasteiger partial charge in [0.25, 0.3) is 5.91 Å². The molecule has 0 fully saturated rings. The number of aromatic nitrogens is 1. The molecule has 0 radical (unpaired) electrons. The van der Waals surface area contributed by atoms with Gasteiger partial charge in [-0.25, -0.2) is 0 Å². The fourth-order valence-electron chi connectivity index (χ4n) is 3.30. The lowest BCUT2D eigenvalue weighted by Crippen LogP contribution is -2.43. The van der Waals surface area contributed by atoms with Crippen LogP contribution in [-0.2, 0) is 20.9 Å². The van der Waals surface area contributed by atoms with Crippen molar-refractivity contribution in [1.29, 1.82) is 0 Å². The maximum absolute atomic E-state index is 13.0. The minimum Gasteiger partial charge on any atom is -0.482 e. The van der Waals surface area contributed by atoms with Crippen molar-refractivity contribution in [3.8, 4) is 11.5 Å². The number of hydrogen-bond acceptors (Lipinski definition) is 6. The summed E-state index contributed by atoms with van der Waals surface area (Å²) in [5.41, 5.74) is 3.05. The molecule has 2 atom stereocenters. The number of aryl methyl sites for hydroxylation is 2. The first-order valence-electron chi connectivity index (χ1n) is 9.55. The van der Waals surface area contributed by atoms with Gasteiger partial charge in [-0.1, -0.05) is 23.5 Å². The Labute approximate surface area is 177 Å². The van der Waals surface area contributed by atoms with Crippen LogP contribution in [0.3, 0.4) is 0 Å². The quantitative estimate of drug-likeness (QED) is 0.601. The zero-order chi connectivity index (χ0) is 21.4. The molecule has 8 heteroatoms. The highest BCUT2D eigenvalue weighted by Gasteiger charge is 2.34. The Kier molecular flexibility index (Phi) is 5.34. The van der Waals surface area contributed by atoms with Crippen molar-refractivity contribution in [3.63, 3.8) is 0 Å². The van der Waals surface area contributed by atoms with Crippen LogP contribution >= 0.6 is 11.3 Å². The van der Waals surface area contributed by atoms with Crippen LogP contribution in [0, 0.1) is 13.8 Å². The second-order valence-corrected chi connectivity index (χ2v) is 8.22. The lowest BCUT2D eigenvalue weighted by molar-refractivity contribution is -0.141. The largest absolute Gasteiger partial charge is 0.482 e. The van der Waals surface area contributed by atoms with Gasteiger partial charge in [0.15, 0.2) is 16.3 Å². The first-order chi connectivity index (χ1) is 14.4. The van der Waals surface area contributed by atoms with Crippen LogP contribution in [0.2, 0.25) is 0 Å². The summed E-state index contributed by atoms with van der Waals surface area (Å²) in [4.78, 5) is 29.7. The average Bonchev–Trinajstić information content (AvgIpc) is 3.03. The molecule has 4 rings (SSSR count). The predicted molar refractivity (Wildman–Crippen MR) is 113 cm³/mol. The Balaban J connectivity index is 1.77. The maximum Gasteiger partial charge on any atom is 0.325 e. The van der Waals surface area contributed by atoms with E-state index < -0.39 is 24.1 Å². The number of rotatable bonds is 3. The maximum atomic E-state index is 13.0. The van der Waals surface area contributed by atoms with E-state index in [9.17, 15) is 9.59 Å². The Morgan fingerprint density at radius 1 is 1.13 bits per heavy atom. The van der Waals surface area contributed by atoms with Gasteiger partial charge in [-0.15, -0.1) is 0 Å². The highest BCUT2D eigenvalue weighted by molar-refractivity contribution is 7.16. The van der Waals surface area contributed by atoms with Gasteiger partial charge in [-0.3, -0.25) is 9.59 Å². The average molecular weight is 426 g/mol. The Morgan fingerprint density at radius 2 is 1.80 bits per heavy atom. The smallest absolute Gasteiger partial charge is 0.325 e. The molecular formula is C22H22N2O5S. The number of thiazole rings is 1. The first kappa shape index (κ1) is 20.2. The van der Waals surface area contributed by atoms with Crippen molar-refractivity contribution in [3.05, 3.63) is 52.3 Å². The summed E-state index contributed by atoms with van der Waals surface area (Å²) >= 11 is 1.35. The number of amides is 1. The van der Waals surface area contributed by atoms with Crippen molar-refractivity contribution < 1.29 is 23.8 Å². The van der Waals surface area contributed by atoms with Gasteiger partial charge in [0.2, 0.25) is 6.10 Å². The number of benzene rings is 2. The predicted octanol–water partition coefficient (Wildman–Crippen LogP) is 3.15. The molecule has 7 nitrogen and oxygen atoms in total. The molecule has 156 valence electrons. The minimum absolute atomic E-state index is 0.0362. The molecule has 1 amide bonds. The molecule has 0 aliphatic carbocycles. The van der Waals surface area contributed by atoms with Crippen LogP contribution in [0.15, 0.2) is 41.4 Å². The van der Waals surface area contributed by atoms with Crippen LogP contribution in [-0.4, -0.2) is 35.8 Å². The number of esters is 1. The molecule has 3 aromatic rings. The first-order valence-corrected chi connectivity index (χ1v) is 10.4. The normalized spacial score (nSPS) is 18.5. The Morgan fingerprint density at radius 3 is 2.50 bits per heavy atom. The second kappa shape index (κ2) is 7.95. The van der Waals surface area contributed by atoms with E-state index in [1.165, 1.54) is 18.4 Å². The SMILES string of the molecule is COC(=O)Cn1c(=NC(=O)C2Oc3ccccc3OC2C)sc2cc(C)c(C)cc21. The zero-order valence-electron chi connectivity index (χ0n) is 17.2. The van der Waals surface area contributed by atoms with Crippen molar-refractivity contribution >= 4 is 33.4 Å². The van der Waals surface area contributed by atoms with E-state index in [-0.39, 0.29) is 6.54 Å². The van der Waals surface area contributed by atoms with Gasteiger partial charge in [-0.2, -0.15) is 4.99 Å². The standard InChI is InChI=1S/C22H22N2O5S/c1-12-9-15-18(10-13(12)2)30-22(24(15)11-19(25)27-4)23-21(26)20-14(3)28-16-7-5-6-8-17(16)29-20/h5-10,14,20H,11H2,1-4H3. The van der Waals surface area contributed by atoms with Crippen molar-refractivity contribution in [2.24, 2.45) is 4.99 Å². The number of ether oxygens (including phenoxy) is 3. The third kappa shape index (κ3) is 3.70. The molecule has 0 bridgehead atoms. The monoisotopic (exact) mass is 426 g/mol. The van der Waals surface area contributed by atoms with E-state index in [1.54, 1.807) is 23.6 Å². The number of carbonyl (C=O) groups excluding carboxylic acids is 2. The van der Waals surface area contributed by atoms with Gasteiger partial charge in [0.1, 0.15) is 12.6 Å². The molecule has 0 saturated heterocycles. The summed E-state index contributed by atoms with van der Waals surface area (Å²) in [6, 6.07) is 11.2. The number of fused-ring (bicyclic) bond motifs is 2. The minimum atomic E-state index is -0.875. The molecule has 0 spiro atoms. The third-order valence-corrected chi connectivity index (χ3v) is 6.15. The van der Waals surface area contributed by atoms with E-state index in [4.69, 9.17) is 14.2 Å². The Bertz CT molecular complexity index is 1210. The molecule has 2 aromatic carbocycles. The Hall–Kier alpha value is -3.13. The molecule has 30 heavy (non-hydrogen) atoms. The van der Waals surface area contributed by atoms with E-state index in [0.717, 1.165) is 21.3 Å². The number of carbonyl (C=O) groups is 2. The summed E-state index contributed by atoms with van der Waals surface area (Å²) in [5.74, 6) is 0.230. The topological polar surface area (TPSA) is 79.1 Å². The van der Waals surface area contributed by atoms with Crippen LogP contribution < -0.4 is 14.3 Å². The lowest BCUT2D eigenvalue weighted by Gasteiger charge is -2.29.